The molecule has 1 aromatic heterocycles. The van der Waals surface area contributed by atoms with Crippen LogP contribution in [0.4, 0.5) is 0 Å². The Morgan fingerprint density at radius 2 is 2.12 bits per heavy atom. The summed E-state index contributed by atoms with van der Waals surface area (Å²) in [6.07, 6.45) is 3.52. The van der Waals surface area contributed by atoms with Crippen molar-refractivity contribution in [3.63, 3.8) is 0 Å². The molecule has 0 N–H and O–H groups in total. The summed E-state index contributed by atoms with van der Waals surface area (Å²) in [5, 5.41) is 11.4. The van der Waals surface area contributed by atoms with E-state index in [1.807, 2.05) is 24.3 Å². The third-order valence-electron chi connectivity index (χ3n) is 2.33. The minimum atomic E-state index is 0.465. The van der Waals surface area contributed by atoms with E-state index in [1.54, 1.807) is 19.4 Å². The second kappa shape index (κ2) is 4.61. The van der Waals surface area contributed by atoms with Gasteiger partial charge in [0.05, 0.1) is 19.7 Å². The van der Waals surface area contributed by atoms with Crippen molar-refractivity contribution < 1.29 is 9.47 Å². The first-order valence-corrected chi connectivity index (χ1v) is 4.96. The van der Waals surface area contributed by atoms with Gasteiger partial charge < -0.3 is 9.94 Å². The average Bonchev–Trinajstić information content (AvgIpc) is 2.33. The van der Waals surface area contributed by atoms with Gasteiger partial charge in [0.25, 0.3) is 0 Å². The maximum atomic E-state index is 11.4. The summed E-state index contributed by atoms with van der Waals surface area (Å²) in [4.78, 5) is 4.04. The van der Waals surface area contributed by atoms with E-state index in [1.165, 1.54) is 6.20 Å². The van der Waals surface area contributed by atoms with Crippen LogP contribution in [0, 0.1) is 5.21 Å². The summed E-state index contributed by atoms with van der Waals surface area (Å²) >= 11 is 0. The second-order valence-corrected chi connectivity index (χ2v) is 3.35. The topological polar surface area (TPSA) is 49.1 Å². The first kappa shape index (κ1) is 10.4. The van der Waals surface area contributed by atoms with Gasteiger partial charge in [0.1, 0.15) is 11.9 Å². The number of nitrogens with zero attached hydrogens (tertiary/aromatic N) is 2. The van der Waals surface area contributed by atoms with E-state index in [0.717, 1.165) is 16.0 Å². The van der Waals surface area contributed by atoms with Gasteiger partial charge >= 0.3 is 5.82 Å². The minimum Gasteiger partial charge on any atom is -0.711 e. The molecule has 1 aromatic carbocycles. The number of para-hydroxylation sites is 1. The van der Waals surface area contributed by atoms with Crippen molar-refractivity contribution in [3.8, 4) is 5.75 Å². The highest BCUT2D eigenvalue weighted by molar-refractivity contribution is 5.34. The van der Waals surface area contributed by atoms with Gasteiger partial charge in [-0.2, -0.15) is 0 Å². The van der Waals surface area contributed by atoms with Crippen molar-refractivity contribution in [2.75, 3.05) is 7.11 Å². The van der Waals surface area contributed by atoms with Crippen LogP contribution < -0.4 is 9.47 Å². The third kappa shape index (κ3) is 2.11. The highest BCUT2D eigenvalue weighted by Crippen LogP contribution is 2.18. The molecule has 2 rings (SSSR count). The normalized spacial score (nSPS) is 10.1. The molecule has 0 spiro atoms. The number of hydrogen-bond acceptors (Lipinski definition) is 3. The van der Waals surface area contributed by atoms with Crippen LogP contribution >= 0.6 is 0 Å². The SMILES string of the molecule is COc1ccccc1Cc1nccc[n+]1[O-]. The number of ether oxygens (including phenoxy) is 1. The molecule has 2 aromatic rings. The molecule has 0 unspecified atom stereocenters. The van der Waals surface area contributed by atoms with E-state index >= 15 is 0 Å². The molecule has 0 bridgehead atoms. The van der Waals surface area contributed by atoms with E-state index in [9.17, 15) is 5.21 Å². The first-order valence-electron chi connectivity index (χ1n) is 4.96. The Hall–Kier alpha value is -2.10. The highest BCUT2D eigenvalue weighted by Gasteiger charge is 2.10. The summed E-state index contributed by atoms with van der Waals surface area (Å²) in [5.74, 6) is 1.24. The van der Waals surface area contributed by atoms with Crippen LogP contribution in [0.25, 0.3) is 0 Å². The molecule has 1 heterocycles. The van der Waals surface area contributed by atoms with Crippen LogP contribution in [0.1, 0.15) is 11.4 Å². The zero-order chi connectivity index (χ0) is 11.4. The smallest absolute Gasteiger partial charge is 0.305 e. The van der Waals surface area contributed by atoms with Gasteiger partial charge in [0.15, 0.2) is 0 Å². The fourth-order valence-corrected chi connectivity index (χ4v) is 1.53. The third-order valence-corrected chi connectivity index (χ3v) is 2.33. The summed E-state index contributed by atoms with van der Waals surface area (Å²) < 4.78 is 5.99. The number of hydrogen-bond donors (Lipinski definition) is 0. The first-order chi connectivity index (χ1) is 7.81. The molecule has 0 saturated carbocycles. The molecule has 0 amide bonds. The highest BCUT2D eigenvalue weighted by atomic mass is 16.5. The molecular weight excluding hydrogens is 204 g/mol. The molecule has 0 fully saturated rings. The van der Waals surface area contributed by atoms with E-state index in [-0.39, 0.29) is 0 Å². The van der Waals surface area contributed by atoms with Gasteiger partial charge in [-0.05, 0) is 6.07 Å². The lowest BCUT2D eigenvalue weighted by Gasteiger charge is -2.08. The van der Waals surface area contributed by atoms with Crippen molar-refractivity contribution in [2.45, 2.75) is 6.42 Å². The van der Waals surface area contributed by atoms with Crippen LogP contribution in [0.15, 0.2) is 42.7 Å². The van der Waals surface area contributed by atoms with E-state index in [0.29, 0.717) is 12.2 Å². The molecule has 0 saturated heterocycles. The van der Waals surface area contributed by atoms with Crippen molar-refractivity contribution in [1.29, 1.82) is 0 Å². The van der Waals surface area contributed by atoms with Gasteiger partial charge in [-0.1, -0.05) is 23.2 Å². The van der Waals surface area contributed by atoms with Crippen LogP contribution in [-0.4, -0.2) is 12.1 Å². The van der Waals surface area contributed by atoms with Crippen molar-refractivity contribution >= 4 is 0 Å². The van der Waals surface area contributed by atoms with E-state index < -0.39 is 0 Å². The van der Waals surface area contributed by atoms with Gasteiger partial charge in [0, 0.05) is 11.6 Å². The summed E-state index contributed by atoms with van der Waals surface area (Å²) in [7, 11) is 1.61. The molecule has 0 aliphatic rings. The van der Waals surface area contributed by atoms with Crippen molar-refractivity contribution in [2.24, 2.45) is 0 Å². The lowest BCUT2D eigenvalue weighted by molar-refractivity contribution is -0.617. The lowest BCUT2D eigenvalue weighted by atomic mass is 10.1. The predicted molar refractivity (Wildman–Crippen MR) is 59.0 cm³/mol. The molecule has 82 valence electrons. The van der Waals surface area contributed by atoms with Gasteiger partial charge in [-0.15, -0.1) is 0 Å². The average molecular weight is 216 g/mol. The zero-order valence-corrected chi connectivity index (χ0v) is 8.96. The van der Waals surface area contributed by atoms with Gasteiger partial charge in [-0.25, -0.2) is 4.73 Å². The second-order valence-electron chi connectivity index (χ2n) is 3.35. The van der Waals surface area contributed by atoms with Crippen molar-refractivity contribution in [1.82, 2.24) is 4.98 Å². The Labute approximate surface area is 93.7 Å². The van der Waals surface area contributed by atoms with Crippen LogP contribution in [0.3, 0.4) is 0 Å². The standard InChI is InChI=1S/C12H12N2O2/c1-16-11-6-3-2-5-10(11)9-12-13-7-4-8-14(12)15/h2-8H,9H2,1H3. The number of methoxy groups -OCH3 is 1. The molecule has 4 nitrogen and oxygen atoms in total. The van der Waals surface area contributed by atoms with Crippen LogP contribution in [0.5, 0.6) is 5.75 Å². The van der Waals surface area contributed by atoms with Crippen LogP contribution in [-0.2, 0) is 6.42 Å². The molecule has 0 aliphatic carbocycles. The van der Waals surface area contributed by atoms with E-state index in [4.69, 9.17) is 4.74 Å². The quantitative estimate of drug-likeness (QED) is 0.574. The maximum Gasteiger partial charge on any atom is 0.305 e. The predicted octanol–water partition coefficient (Wildman–Crippen LogP) is 1.31. The minimum absolute atomic E-state index is 0.465. The summed E-state index contributed by atoms with van der Waals surface area (Å²) in [6, 6.07) is 9.21. The Balaban J connectivity index is 2.30. The molecule has 0 aliphatic heterocycles. The maximum absolute atomic E-state index is 11.4. The molecule has 0 radical (unpaired) electrons. The Kier molecular flexibility index (Phi) is 3.00. The Morgan fingerprint density at radius 1 is 1.31 bits per heavy atom. The summed E-state index contributed by atoms with van der Waals surface area (Å²) in [5.41, 5.74) is 0.952. The fraction of sp³-hybridized carbons (Fsp3) is 0.167. The molecular formula is C12H12N2O2. The Morgan fingerprint density at radius 3 is 2.88 bits per heavy atom. The van der Waals surface area contributed by atoms with E-state index in [2.05, 4.69) is 4.98 Å². The molecule has 16 heavy (non-hydrogen) atoms. The fourth-order valence-electron chi connectivity index (χ4n) is 1.53. The zero-order valence-electron chi connectivity index (χ0n) is 8.96. The monoisotopic (exact) mass is 216 g/mol. The summed E-state index contributed by atoms with van der Waals surface area (Å²) in [6.45, 7) is 0. The Bertz CT molecular complexity index is 486. The number of aromatic nitrogens is 2. The van der Waals surface area contributed by atoms with Crippen LogP contribution in [0.2, 0.25) is 0 Å². The van der Waals surface area contributed by atoms with Gasteiger partial charge in [0.2, 0.25) is 0 Å². The lowest BCUT2D eigenvalue weighted by Crippen LogP contribution is -2.32. The largest absolute Gasteiger partial charge is 0.711 e. The number of benzene rings is 1. The van der Waals surface area contributed by atoms with Crippen molar-refractivity contribution in [3.05, 3.63) is 59.3 Å². The molecule has 0 atom stereocenters. The van der Waals surface area contributed by atoms with Gasteiger partial charge in [-0.3, -0.25) is 0 Å². The molecule has 4 heteroatoms. The number of rotatable bonds is 3.